The van der Waals surface area contributed by atoms with E-state index in [4.69, 9.17) is 4.74 Å². The van der Waals surface area contributed by atoms with E-state index in [0.717, 1.165) is 6.42 Å². The zero-order chi connectivity index (χ0) is 23.0. The molecular formula is C26H25N3O3S. The van der Waals surface area contributed by atoms with Crippen molar-refractivity contribution in [2.24, 2.45) is 0 Å². The molecule has 0 aliphatic rings. The number of carbonyl (C=O) groups excluding carboxylic acids is 2. The maximum Gasteiger partial charge on any atom is 0.359 e. The largest absolute Gasteiger partial charge is 0.451 e. The molecule has 0 spiro atoms. The number of esters is 1. The van der Waals surface area contributed by atoms with Crippen LogP contribution in [0.5, 0.6) is 0 Å². The summed E-state index contributed by atoms with van der Waals surface area (Å²) < 4.78 is 7.07. The second-order valence-electron chi connectivity index (χ2n) is 7.49. The lowest BCUT2D eigenvalue weighted by molar-refractivity contribution is -0.124. The van der Waals surface area contributed by atoms with E-state index < -0.39 is 5.97 Å². The van der Waals surface area contributed by atoms with E-state index in [1.165, 1.54) is 22.9 Å². The predicted octanol–water partition coefficient (Wildman–Crippen LogP) is 4.55. The van der Waals surface area contributed by atoms with E-state index in [1.54, 1.807) is 6.07 Å². The number of thioether (sulfide) groups is 1. The van der Waals surface area contributed by atoms with Gasteiger partial charge in [0.05, 0.1) is 5.52 Å². The van der Waals surface area contributed by atoms with Gasteiger partial charge in [-0.1, -0.05) is 78.5 Å². The van der Waals surface area contributed by atoms with Crippen molar-refractivity contribution in [3.63, 3.8) is 0 Å². The van der Waals surface area contributed by atoms with Crippen LogP contribution in [0, 0.1) is 0 Å². The summed E-state index contributed by atoms with van der Waals surface area (Å²) in [5, 5.41) is 3.56. The molecule has 0 saturated carbocycles. The molecule has 0 unspecified atom stereocenters. The highest BCUT2D eigenvalue weighted by Crippen LogP contribution is 2.27. The first kappa shape index (κ1) is 22.6. The van der Waals surface area contributed by atoms with Crippen LogP contribution in [-0.4, -0.2) is 40.7 Å². The fourth-order valence-corrected chi connectivity index (χ4v) is 4.35. The molecule has 0 radical (unpaired) electrons. The Morgan fingerprint density at radius 1 is 0.970 bits per heavy atom. The first-order chi connectivity index (χ1) is 16.2. The molecule has 0 aliphatic heterocycles. The Morgan fingerprint density at radius 2 is 1.61 bits per heavy atom. The van der Waals surface area contributed by atoms with Gasteiger partial charge in [-0.25, -0.2) is 9.78 Å². The molecule has 7 heteroatoms. The van der Waals surface area contributed by atoms with Crippen LogP contribution >= 0.6 is 11.8 Å². The summed E-state index contributed by atoms with van der Waals surface area (Å²) in [6, 6.07) is 26.0. The highest BCUT2D eigenvalue weighted by Gasteiger charge is 2.19. The van der Waals surface area contributed by atoms with E-state index >= 15 is 0 Å². The number of hydrogen-bond acceptors (Lipinski definition) is 5. The van der Waals surface area contributed by atoms with Gasteiger partial charge in [-0.2, -0.15) is 0 Å². The molecule has 33 heavy (non-hydrogen) atoms. The molecule has 0 atom stereocenters. The number of fused-ring (bicyclic) bond motifs is 1. The lowest BCUT2D eigenvalue weighted by Gasteiger charge is -2.18. The number of imidazole rings is 1. The summed E-state index contributed by atoms with van der Waals surface area (Å²) in [4.78, 5) is 29.3. The summed E-state index contributed by atoms with van der Waals surface area (Å²) in [6.07, 6.45) is 4.46. The van der Waals surface area contributed by atoms with Crippen molar-refractivity contribution in [1.82, 2.24) is 14.7 Å². The van der Waals surface area contributed by atoms with Crippen LogP contribution < -0.4 is 5.32 Å². The fourth-order valence-electron chi connectivity index (χ4n) is 3.81. The minimum Gasteiger partial charge on any atom is -0.451 e. The van der Waals surface area contributed by atoms with Crippen LogP contribution in [0.15, 0.2) is 90.2 Å². The van der Waals surface area contributed by atoms with Gasteiger partial charge in [0.1, 0.15) is 0 Å². The SMILES string of the molecule is CSc1nc(C(=O)OCC(=O)NCCC(c2ccccc2)c2ccccc2)c2ccccn12. The summed E-state index contributed by atoms with van der Waals surface area (Å²) in [5.74, 6) is -0.783. The van der Waals surface area contributed by atoms with Gasteiger partial charge >= 0.3 is 5.97 Å². The number of benzene rings is 2. The van der Waals surface area contributed by atoms with Crippen LogP contribution in [-0.2, 0) is 9.53 Å². The summed E-state index contributed by atoms with van der Waals surface area (Å²) in [6.45, 7) is 0.121. The number of hydrogen-bond donors (Lipinski definition) is 1. The van der Waals surface area contributed by atoms with Gasteiger partial charge < -0.3 is 10.1 Å². The monoisotopic (exact) mass is 459 g/mol. The second kappa shape index (κ2) is 10.8. The molecule has 2 aromatic heterocycles. The van der Waals surface area contributed by atoms with Gasteiger partial charge in [0.2, 0.25) is 0 Å². The van der Waals surface area contributed by atoms with Gasteiger partial charge in [-0.15, -0.1) is 0 Å². The Hall–Kier alpha value is -3.58. The maximum atomic E-state index is 12.6. The molecule has 6 nitrogen and oxygen atoms in total. The molecule has 1 amide bonds. The number of nitrogens with one attached hydrogen (secondary N) is 1. The molecule has 2 aromatic carbocycles. The summed E-state index contributed by atoms with van der Waals surface area (Å²) in [5.41, 5.74) is 3.25. The summed E-state index contributed by atoms with van der Waals surface area (Å²) >= 11 is 1.44. The standard InChI is InChI=1S/C26H25N3O3S/c1-33-26-28-24(22-14-8-9-17-29(22)26)25(31)32-18-23(30)27-16-15-21(19-10-4-2-5-11-19)20-12-6-3-7-13-20/h2-14,17,21H,15-16,18H2,1H3,(H,27,30). The van der Waals surface area contributed by atoms with E-state index in [-0.39, 0.29) is 24.1 Å². The van der Waals surface area contributed by atoms with Crippen LogP contribution in [0.1, 0.15) is 34.0 Å². The number of aromatic nitrogens is 2. The Labute approximate surface area is 197 Å². The van der Waals surface area contributed by atoms with Crippen molar-refractivity contribution in [1.29, 1.82) is 0 Å². The van der Waals surface area contributed by atoms with Crippen molar-refractivity contribution in [2.45, 2.75) is 17.5 Å². The van der Waals surface area contributed by atoms with Crippen molar-refractivity contribution in [2.75, 3.05) is 19.4 Å². The lowest BCUT2D eigenvalue weighted by atomic mass is 9.88. The Bertz CT molecular complexity index is 1190. The van der Waals surface area contributed by atoms with Crippen molar-refractivity contribution in [3.8, 4) is 0 Å². The minimum atomic E-state index is -0.611. The zero-order valence-electron chi connectivity index (χ0n) is 18.3. The first-order valence-corrected chi connectivity index (χ1v) is 11.9. The van der Waals surface area contributed by atoms with E-state index in [1.807, 2.05) is 65.4 Å². The second-order valence-corrected chi connectivity index (χ2v) is 8.27. The highest BCUT2D eigenvalue weighted by molar-refractivity contribution is 7.98. The van der Waals surface area contributed by atoms with Gasteiger partial charge in [0.25, 0.3) is 5.91 Å². The number of carbonyl (C=O) groups is 2. The highest BCUT2D eigenvalue weighted by atomic mass is 32.2. The third-order valence-electron chi connectivity index (χ3n) is 5.39. The van der Waals surface area contributed by atoms with Gasteiger partial charge in [0.15, 0.2) is 17.5 Å². The van der Waals surface area contributed by atoms with Crippen LogP contribution in [0.4, 0.5) is 0 Å². The van der Waals surface area contributed by atoms with Crippen LogP contribution in [0.3, 0.4) is 0 Å². The molecule has 4 aromatic rings. The lowest BCUT2D eigenvalue weighted by Crippen LogP contribution is -2.30. The molecule has 0 fully saturated rings. The van der Waals surface area contributed by atoms with Crippen LogP contribution in [0.2, 0.25) is 0 Å². The normalized spacial score (nSPS) is 11.0. The van der Waals surface area contributed by atoms with Gasteiger partial charge in [0, 0.05) is 18.7 Å². The quantitative estimate of drug-likeness (QED) is 0.294. The maximum absolute atomic E-state index is 12.6. The Balaban J connectivity index is 1.33. The summed E-state index contributed by atoms with van der Waals surface area (Å²) in [7, 11) is 0. The van der Waals surface area contributed by atoms with E-state index in [0.29, 0.717) is 17.2 Å². The molecule has 0 aliphatic carbocycles. The fraction of sp³-hybridized carbons (Fsp3) is 0.192. The van der Waals surface area contributed by atoms with E-state index in [9.17, 15) is 9.59 Å². The number of nitrogens with zero attached hydrogens (tertiary/aromatic N) is 2. The van der Waals surface area contributed by atoms with Crippen molar-refractivity contribution < 1.29 is 14.3 Å². The topological polar surface area (TPSA) is 72.7 Å². The number of rotatable bonds is 9. The molecule has 1 N–H and O–H groups in total. The number of ether oxygens (including phenoxy) is 1. The zero-order valence-corrected chi connectivity index (χ0v) is 19.1. The molecule has 0 bridgehead atoms. The number of pyridine rings is 1. The van der Waals surface area contributed by atoms with Gasteiger partial charge in [-0.3, -0.25) is 9.20 Å². The average molecular weight is 460 g/mol. The minimum absolute atomic E-state index is 0.164. The molecule has 168 valence electrons. The predicted molar refractivity (Wildman–Crippen MR) is 130 cm³/mol. The molecule has 2 heterocycles. The number of amides is 1. The van der Waals surface area contributed by atoms with Crippen LogP contribution in [0.25, 0.3) is 5.52 Å². The van der Waals surface area contributed by atoms with E-state index in [2.05, 4.69) is 34.6 Å². The van der Waals surface area contributed by atoms with Crippen molar-refractivity contribution in [3.05, 3.63) is 102 Å². The average Bonchev–Trinajstić information content (AvgIpc) is 3.25. The van der Waals surface area contributed by atoms with Crippen molar-refractivity contribution >= 4 is 29.2 Å². The van der Waals surface area contributed by atoms with Gasteiger partial charge in [-0.05, 0) is 35.9 Å². The Morgan fingerprint density at radius 3 is 2.24 bits per heavy atom. The first-order valence-electron chi connectivity index (χ1n) is 10.7. The third-order valence-corrected chi connectivity index (χ3v) is 6.04. The molecule has 0 saturated heterocycles. The third kappa shape index (κ3) is 5.43. The smallest absolute Gasteiger partial charge is 0.359 e. The Kier molecular flexibility index (Phi) is 7.42. The molecular weight excluding hydrogens is 434 g/mol. The molecule has 4 rings (SSSR count).